The number of nitrogens with zero attached hydrogens (tertiary/aromatic N) is 2. The Bertz CT molecular complexity index is 482. The van der Waals surface area contributed by atoms with E-state index in [2.05, 4.69) is 4.98 Å². The summed E-state index contributed by atoms with van der Waals surface area (Å²) in [6, 6.07) is 3.04. The van der Waals surface area contributed by atoms with Gasteiger partial charge in [0.05, 0.1) is 5.75 Å². The first kappa shape index (κ1) is 14.4. The van der Waals surface area contributed by atoms with Gasteiger partial charge in [0.1, 0.15) is 0 Å². The lowest BCUT2D eigenvalue weighted by Gasteiger charge is -2.22. The van der Waals surface area contributed by atoms with Gasteiger partial charge in [0.25, 0.3) is 0 Å². The smallest absolute Gasteiger partial charge is 0.215 e. The van der Waals surface area contributed by atoms with Crippen molar-refractivity contribution in [2.45, 2.75) is 31.7 Å². The van der Waals surface area contributed by atoms with E-state index in [4.69, 9.17) is 5.73 Å². The zero-order chi connectivity index (χ0) is 13.7. The normalized spacial score (nSPS) is 19.8. The third-order valence-corrected chi connectivity index (χ3v) is 5.42. The van der Waals surface area contributed by atoms with Gasteiger partial charge in [0.15, 0.2) is 0 Å². The highest BCUT2D eigenvalue weighted by Gasteiger charge is 2.25. The van der Waals surface area contributed by atoms with Gasteiger partial charge in [0, 0.05) is 31.5 Å². The first-order chi connectivity index (χ1) is 9.09. The van der Waals surface area contributed by atoms with Crippen molar-refractivity contribution in [3.8, 4) is 0 Å². The predicted molar refractivity (Wildman–Crippen MR) is 75.0 cm³/mol. The van der Waals surface area contributed by atoms with Crippen LogP contribution in [0.5, 0.6) is 0 Å². The lowest BCUT2D eigenvalue weighted by Crippen LogP contribution is -2.37. The Hall–Kier alpha value is -0.980. The predicted octanol–water partition coefficient (Wildman–Crippen LogP) is 1.29. The van der Waals surface area contributed by atoms with Crippen LogP contribution >= 0.6 is 0 Å². The Morgan fingerprint density at radius 1 is 1.16 bits per heavy atom. The Morgan fingerprint density at radius 3 is 2.32 bits per heavy atom. The van der Waals surface area contributed by atoms with Gasteiger partial charge in [-0.15, -0.1) is 0 Å². The van der Waals surface area contributed by atoms with Crippen LogP contribution in [0.2, 0.25) is 0 Å². The number of nitrogens with two attached hydrogens (primary N) is 1. The SMILES string of the molecule is NC(CS(=O)(=O)N1CCCCCC1)c1ccncc1. The molecular weight excluding hydrogens is 262 g/mol. The van der Waals surface area contributed by atoms with Crippen LogP contribution in [-0.4, -0.2) is 36.5 Å². The van der Waals surface area contributed by atoms with E-state index >= 15 is 0 Å². The minimum Gasteiger partial charge on any atom is -0.323 e. The molecule has 1 saturated heterocycles. The zero-order valence-electron chi connectivity index (χ0n) is 11.0. The van der Waals surface area contributed by atoms with E-state index in [-0.39, 0.29) is 5.75 Å². The van der Waals surface area contributed by atoms with Gasteiger partial charge in [-0.3, -0.25) is 4.98 Å². The van der Waals surface area contributed by atoms with E-state index in [9.17, 15) is 8.42 Å². The molecule has 2 heterocycles. The fraction of sp³-hybridized carbons (Fsp3) is 0.615. The summed E-state index contributed by atoms with van der Waals surface area (Å²) < 4.78 is 26.3. The van der Waals surface area contributed by atoms with Gasteiger partial charge in [-0.05, 0) is 30.5 Å². The molecule has 1 aromatic heterocycles. The average molecular weight is 283 g/mol. The molecule has 2 rings (SSSR count). The van der Waals surface area contributed by atoms with E-state index in [1.807, 2.05) is 0 Å². The van der Waals surface area contributed by atoms with E-state index < -0.39 is 16.1 Å². The third-order valence-electron chi connectivity index (χ3n) is 3.48. The fourth-order valence-corrected chi connectivity index (χ4v) is 4.03. The molecule has 1 fully saturated rings. The largest absolute Gasteiger partial charge is 0.323 e. The lowest BCUT2D eigenvalue weighted by atomic mass is 10.1. The minimum atomic E-state index is -3.27. The van der Waals surface area contributed by atoms with Crippen LogP contribution in [0.4, 0.5) is 0 Å². The second-order valence-electron chi connectivity index (χ2n) is 4.98. The van der Waals surface area contributed by atoms with Gasteiger partial charge < -0.3 is 5.73 Å². The number of rotatable bonds is 4. The Balaban J connectivity index is 2.04. The molecule has 0 saturated carbocycles. The van der Waals surface area contributed by atoms with Gasteiger partial charge in [-0.25, -0.2) is 12.7 Å². The molecule has 0 radical (unpaired) electrons. The second-order valence-corrected chi connectivity index (χ2v) is 6.99. The highest BCUT2D eigenvalue weighted by atomic mass is 32.2. The zero-order valence-corrected chi connectivity index (χ0v) is 11.8. The van der Waals surface area contributed by atoms with Crippen molar-refractivity contribution in [3.63, 3.8) is 0 Å². The molecule has 1 aromatic rings. The molecule has 0 bridgehead atoms. The fourth-order valence-electron chi connectivity index (χ4n) is 2.36. The van der Waals surface area contributed by atoms with Crippen LogP contribution in [0.1, 0.15) is 37.3 Å². The number of hydrogen-bond donors (Lipinski definition) is 1. The number of aromatic nitrogens is 1. The van der Waals surface area contributed by atoms with E-state index in [1.165, 1.54) is 0 Å². The van der Waals surface area contributed by atoms with Crippen molar-refractivity contribution in [1.29, 1.82) is 0 Å². The molecule has 1 aliphatic rings. The molecule has 106 valence electrons. The van der Waals surface area contributed by atoms with Crippen molar-refractivity contribution in [1.82, 2.24) is 9.29 Å². The standard InChI is InChI=1S/C13H21N3O2S/c14-13(12-5-7-15-8-6-12)11-19(17,18)16-9-3-1-2-4-10-16/h5-8,13H,1-4,9-11,14H2. The summed E-state index contributed by atoms with van der Waals surface area (Å²) in [5, 5.41) is 0. The minimum absolute atomic E-state index is 0.0307. The van der Waals surface area contributed by atoms with Gasteiger partial charge in [0.2, 0.25) is 10.0 Å². The summed E-state index contributed by atoms with van der Waals surface area (Å²) in [6.45, 7) is 1.26. The first-order valence-corrected chi connectivity index (χ1v) is 8.34. The van der Waals surface area contributed by atoms with E-state index in [0.29, 0.717) is 13.1 Å². The monoisotopic (exact) mass is 283 g/mol. The Labute approximate surface area is 114 Å². The first-order valence-electron chi connectivity index (χ1n) is 6.73. The van der Waals surface area contributed by atoms with Crippen molar-refractivity contribution < 1.29 is 8.42 Å². The quantitative estimate of drug-likeness (QED) is 0.903. The molecule has 0 amide bonds. The average Bonchev–Trinajstić information content (AvgIpc) is 2.68. The van der Waals surface area contributed by atoms with Gasteiger partial charge in [-0.2, -0.15) is 0 Å². The number of sulfonamides is 1. The summed E-state index contributed by atoms with van der Waals surface area (Å²) in [7, 11) is -3.27. The summed E-state index contributed by atoms with van der Waals surface area (Å²) in [6.07, 6.45) is 7.39. The molecule has 1 aliphatic heterocycles. The summed E-state index contributed by atoms with van der Waals surface area (Å²) in [5.41, 5.74) is 6.81. The maximum Gasteiger partial charge on any atom is 0.215 e. The molecule has 0 spiro atoms. The van der Waals surface area contributed by atoms with Crippen LogP contribution < -0.4 is 5.73 Å². The van der Waals surface area contributed by atoms with Gasteiger partial charge in [-0.1, -0.05) is 12.8 Å². The number of pyridine rings is 1. The molecule has 1 unspecified atom stereocenters. The molecule has 6 heteroatoms. The summed E-state index contributed by atoms with van der Waals surface area (Å²) in [5.74, 6) is -0.0307. The van der Waals surface area contributed by atoms with Crippen molar-refractivity contribution >= 4 is 10.0 Å². The second kappa shape index (κ2) is 6.45. The Kier molecular flexibility index (Phi) is 4.90. The molecule has 2 N–H and O–H groups in total. The number of hydrogen-bond acceptors (Lipinski definition) is 4. The molecule has 0 aliphatic carbocycles. The molecule has 19 heavy (non-hydrogen) atoms. The Morgan fingerprint density at radius 2 is 1.74 bits per heavy atom. The van der Waals surface area contributed by atoms with Crippen LogP contribution in [0.3, 0.4) is 0 Å². The van der Waals surface area contributed by atoms with Crippen molar-refractivity contribution in [2.75, 3.05) is 18.8 Å². The van der Waals surface area contributed by atoms with Crippen LogP contribution in [-0.2, 0) is 10.0 Å². The van der Waals surface area contributed by atoms with Gasteiger partial charge >= 0.3 is 0 Å². The topological polar surface area (TPSA) is 76.3 Å². The van der Waals surface area contributed by atoms with Crippen LogP contribution in [0, 0.1) is 0 Å². The van der Waals surface area contributed by atoms with Crippen LogP contribution in [0.15, 0.2) is 24.5 Å². The summed E-state index contributed by atoms with van der Waals surface area (Å²) in [4.78, 5) is 3.91. The highest BCUT2D eigenvalue weighted by molar-refractivity contribution is 7.89. The highest BCUT2D eigenvalue weighted by Crippen LogP contribution is 2.18. The molecule has 5 nitrogen and oxygen atoms in total. The van der Waals surface area contributed by atoms with Crippen LogP contribution in [0.25, 0.3) is 0 Å². The maximum atomic E-state index is 12.4. The third kappa shape index (κ3) is 3.99. The van der Waals surface area contributed by atoms with E-state index in [0.717, 1.165) is 31.2 Å². The van der Waals surface area contributed by atoms with Crippen molar-refractivity contribution in [2.24, 2.45) is 5.73 Å². The van der Waals surface area contributed by atoms with Crippen molar-refractivity contribution in [3.05, 3.63) is 30.1 Å². The molecular formula is C13H21N3O2S. The molecule has 1 atom stereocenters. The van der Waals surface area contributed by atoms with E-state index in [1.54, 1.807) is 28.8 Å². The molecule has 0 aromatic carbocycles. The summed E-state index contributed by atoms with van der Waals surface area (Å²) >= 11 is 0. The lowest BCUT2D eigenvalue weighted by molar-refractivity contribution is 0.421. The maximum absolute atomic E-state index is 12.4.